The standard InChI is InChI=1S/C9H12BrN5O/c1-4-5(10)2-3-6(16)7(4)14-9(13)15-8(11)12/h2-3,16H,1H3,(H6,11,12,13,14,15). The van der Waals surface area contributed by atoms with Gasteiger partial charge >= 0.3 is 0 Å². The molecule has 0 heterocycles. The Morgan fingerprint density at radius 1 is 1.31 bits per heavy atom. The highest BCUT2D eigenvalue weighted by atomic mass is 79.9. The van der Waals surface area contributed by atoms with Crippen molar-refractivity contribution in [2.45, 2.75) is 6.92 Å². The molecule has 0 unspecified atom stereocenters. The normalized spacial score (nSPS) is 11.2. The van der Waals surface area contributed by atoms with E-state index in [1.54, 1.807) is 13.0 Å². The smallest absolute Gasteiger partial charge is 0.223 e. The first-order valence-electron chi connectivity index (χ1n) is 4.33. The quantitative estimate of drug-likeness (QED) is 0.447. The highest BCUT2D eigenvalue weighted by Crippen LogP contribution is 2.34. The lowest BCUT2D eigenvalue weighted by atomic mass is 10.2. The maximum atomic E-state index is 9.60. The van der Waals surface area contributed by atoms with Crippen LogP contribution in [-0.2, 0) is 0 Å². The Kier molecular flexibility index (Phi) is 3.73. The van der Waals surface area contributed by atoms with Crippen molar-refractivity contribution >= 4 is 33.5 Å². The summed E-state index contributed by atoms with van der Waals surface area (Å²) in [5, 5.41) is 9.60. The van der Waals surface area contributed by atoms with E-state index in [9.17, 15) is 5.11 Å². The van der Waals surface area contributed by atoms with Crippen LogP contribution in [0.15, 0.2) is 26.6 Å². The van der Waals surface area contributed by atoms with E-state index in [0.717, 1.165) is 10.0 Å². The van der Waals surface area contributed by atoms with Crippen LogP contribution in [0.25, 0.3) is 0 Å². The van der Waals surface area contributed by atoms with Crippen molar-refractivity contribution in [3.63, 3.8) is 0 Å². The first kappa shape index (κ1) is 12.3. The first-order valence-corrected chi connectivity index (χ1v) is 5.13. The summed E-state index contributed by atoms with van der Waals surface area (Å²) in [6.45, 7) is 1.78. The first-order chi connectivity index (χ1) is 7.41. The van der Waals surface area contributed by atoms with Gasteiger partial charge in [0.1, 0.15) is 11.4 Å². The molecule has 7 N–H and O–H groups in total. The van der Waals surface area contributed by atoms with Gasteiger partial charge in [0.2, 0.25) is 5.96 Å². The van der Waals surface area contributed by atoms with Gasteiger partial charge < -0.3 is 22.3 Å². The Hall–Kier alpha value is -1.76. The minimum absolute atomic E-state index is 0.00874. The van der Waals surface area contributed by atoms with Crippen LogP contribution in [0.4, 0.5) is 5.69 Å². The third-order valence-electron chi connectivity index (χ3n) is 1.81. The number of phenols is 1. The number of guanidine groups is 2. The van der Waals surface area contributed by atoms with E-state index < -0.39 is 0 Å². The summed E-state index contributed by atoms with van der Waals surface area (Å²) >= 11 is 3.31. The second-order valence-corrected chi connectivity index (χ2v) is 3.90. The molecule has 1 rings (SSSR count). The minimum atomic E-state index is -0.187. The van der Waals surface area contributed by atoms with Crippen molar-refractivity contribution in [3.8, 4) is 5.75 Å². The van der Waals surface area contributed by atoms with E-state index >= 15 is 0 Å². The van der Waals surface area contributed by atoms with Crippen molar-refractivity contribution in [1.82, 2.24) is 0 Å². The number of halogens is 1. The summed E-state index contributed by atoms with van der Waals surface area (Å²) < 4.78 is 0.807. The molecule has 0 fully saturated rings. The summed E-state index contributed by atoms with van der Waals surface area (Å²) in [6.07, 6.45) is 0. The molecule has 0 saturated carbocycles. The summed E-state index contributed by atoms with van der Waals surface area (Å²) in [4.78, 5) is 7.48. The van der Waals surface area contributed by atoms with Crippen LogP contribution in [0.3, 0.4) is 0 Å². The zero-order chi connectivity index (χ0) is 12.3. The molecule has 1 aromatic carbocycles. The molecule has 7 heteroatoms. The van der Waals surface area contributed by atoms with Crippen molar-refractivity contribution in [2.75, 3.05) is 0 Å². The van der Waals surface area contributed by atoms with Crippen LogP contribution in [0.2, 0.25) is 0 Å². The molecule has 0 aliphatic heterocycles. The van der Waals surface area contributed by atoms with E-state index in [4.69, 9.17) is 17.2 Å². The fraction of sp³-hybridized carbons (Fsp3) is 0.111. The topological polar surface area (TPSA) is 123 Å². The third-order valence-corrected chi connectivity index (χ3v) is 2.67. The molecule has 6 nitrogen and oxygen atoms in total. The highest BCUT2D eigenvalue weighted by molar-refractivity contribution is 9.10. The van der Waals surface area contributed by atoms with Crippen LogP contribution < -0.4 is 17.2 Å². The Labute approximate surface area is 101 Å². The van der Waals surface area contributed by atoms with Crippen molar-refractivity contribution < 1.29 is 5.11 Å². The average Bonchev–Trinajstić information content (AvgIpc) is 2.17. The fourth-order valence-corrected chi connectivity index (χ4v) is 1.39. The summed E-state index contributed by atoms with van der Waals surface area (Å²) in [7, 11) is 0. The predicted octanol–water partition coefficient (Wildman–Crippen LogP) is 0.683. The molecule has 0 aliphatic rings. The van der Waals surface area contributed by atoms with Gasteiger partial charge in [-0.1, -0.05) is 15.9 Å². The van der Waals surface area contributed by atoms with Gasteiger partial charge in [0.25, 0.3) is 0 Å². The number of phenolic OH excluding ortho intramolecular Hbond substituents is 1. The number of benzene rings is 1. The Balaban J connectivity index is 3.24. The lowest BCUT2D eigenvalue weighted by Crippen LogP contribution is -2.26. The number of aliphatic imine (C=N–C) groups is 2. The largest absolute Gasteiger partial charge is 0.506 e. The van der Waals surface area contributed by atoms with Gasteiger partial charge in [-0.3, -0.25) is 0 Å². The number of hydrogen-bond donors (Lipinski definition) is 4. The summed E-state index contributed by atoms with van der Waals surface area (Å²) in [5.41, 5.74) is 16.8. The molecular weight excluding hydrogens is 274 g/mol. The Morgan fingerprint density at radius 2 is 1.94 bits per heavy atom. The van der Waals surface area contributed by atoms with E-state index in [1.807, 2.05) is 0 Å². The second-order valence-electron chi connectivity index (χ2n) is 3.05. The van der Waals surface area contributed by atoms with Crippen molar-refractivity contribution in [2.24, 2.45) is 27.2 Å². The summed E-state index contributed by atoms with van der Waals surface area (Å²) in [6, 6.07) is 3.21. The number of aromatic hydroxyl groups is 1. The maximum Gasteiger partial charge on any atom is 0.223 e. The number of rotatable bonds is 1. The number of nitrogens with two attached hydrogens (primary N) is 3. The van der Waals surface area contributed by atoms with Gasteiger partial charge in [-0.25, -0.2) is 4.99 Å². The number of nitrogens with zero attached hydrogens (tertiary/aromatic N) is 2. The lowest BCUT2D eigenvalue weighted by molar-refractivity contribution is 0.476. The predicted molar refractivity (Wildman–Crippen MR) is 67.6 cm³/mol. The molecule has 16 heavy (non-hydrogen) atoms. The van der Waals surface area contributed by atoms with Gasteiger partial charge in [-0.15, -0.1) is 0 Å². The van der Waals surface area contributed by atoms with Gasteiger partial charge in [-0.2, -0.15) is 4.99 Å². The fourth-order valence-electron chi connectivity index (χ4n) is 1.07. The van der Waals surface area contributed by atoms with Crippen LogP contribution in [0.1, 0.15) is 5.56 Å². The van der Waals surface area contributed by atoms with Gasteiger partial charge in [-0.05, 0) is 24.6 Å². The SMILES string of the molecule is Cc1c(Br)ccc(O)c1N=C(N)N=C(N)N. The van der Waals surface area contributed by atoms with Gasteiger partial charge in [0.15, 0.2) is 5.96 Å². The van der Waals surface area contributed by atoms with Crippen LogP contribution in [0.5, 0.6) is 5.75 Å². The van der Waals surface area contributed by atoms with Crippen LogP contribution >= 0.6 is 15.9 Å². The monoisotopic (exact) mass is 285 g/mol. The number of hydrogen-bond acceptors (Lipinski definition) is 2. The zero-order valence-corrected chi connectivity index (χ0v) is 10.2. The molecule has 0 radical (unpaired) electrons. The second kappa shape index (κ2) is 4.84. The van der Waals surface area contributed by atoms with Gasteiger partial charge in [0, 0.05) is 4.47 Å². The molecule has 0 spiro atoms. The van der Waals surface area contributed by atoms with Crippen molar-refractivity contribution in [1.29, 1.82) is 0 Å². The lowest BCUT2D eigenvalue weighted by Gasteiger charge is -2.05. The van der Waals surface area contributed by atoms with E-state index in [2.05, 4.69) is 25.9 Å². The molecular formula is C9H12BrN5O. The summed E-state index contributed by atoms with van der Waals surface area (Å²) in [5.74, 6) is -0.292. The van der Waals surface area contributed by atoms with E-state index in [0.29, 0.717) is 5.69 Å². The molecule has 0 atom stereocenters. The van der Waals surface area contributed by atoms with E-state index in [-0.39, 0.29) is 17.7 Å². The van der Waals surface area contributed by atoms with E-state index in [1.165, 1.54) is 6.07 Å². The minimum Gasteiger partial charge on any atom is -0.506 e. The van der Waals surface area contributed by atoms with Crippen LogP contribution in [-0.4, -0.2) is 17.0 Å². The molecule has 0 aromatic heterocycles. The molecule has 1 aromatic rings. The third kappa shape index (κ3) is 2.86. The van der Waals surface area contributed by atoms with Crippen molar-refractivity contribution in [3.05, 3.63) is 22.2 Å². The maximum absolute atomic E-state index is 9.60. The highest BCUT2D eigenvalue weighted by Gasteiger charge is 2.07. The Bertz CT molecular complexity index is 465. The zero-order valence-electron chi connectivity index (χ0n) is 8.61. The molecule has 0 aliphatic carbocycles. The molecule has 86 valence electrons. The average molecular weight is 286 g/mol. The van der Waals surface area contributed by atoms with Gasteiger partial charge in [0.05, 0.1) is 0 Å². The molecule has 0 amide bonds. The van der Waals surface area contributed by atoms with Crippen LogP contribution in [0, 0.1) is 6.92 Å². The Morgan fingerprint density at radius 3 is 2.50 bits per heavy atom. The molecule has 0 saturated heterocycles. The molecule has 0 bridgehead atoms.